The first-order valence-electron chi connectivity index (χ1n) is 7.55. The monoisotopic (exact) mass is 434 g/mol. The first-order valence-corrected chi connectivity index (χ1v) is 9.22. The summed E-state index contributed by atoms with van der Waals surface area (Å²) in [5.41, 5.74) is 1.97. The van der Waals surface area contributed by atoms with E-state index in [9.17, 15) is 4.79 Å². The van der Waals surface area contributed by atoms with Gasteiger partial charge in [-0.1, -0.05) is 0 Å². The van der Waals surface area contributed by atoms with Gasteiger partial charge in [0.25, 0.3) is 0 Å². The van der Waals surface area contributed by atoms with Gasteiger partial charge in [-0.25, -0.2) is 9.78 Å². The van der Waals surface area contributed by atoms with Crippen LogP contribution in [0.15, 0.2) is 46.5 Å². The Hall–Kier alpha value is -2.45. The molecule has 2 heterocycles. The van der Waals surface area contributed by atoms with Gasteiger partial charge in [0.1, 0.15) is 11.6 Å². The number of aromatic nitrogens is 2. The third-order valence-corrected chi connectivity index (χ3v) is 4.85. The minimum atomic E-state index is -0.445. The van der Waals surface area contributed by atoms with Gasteiger partial charge in [-0.3, -0.25) is 4.98 Å². The van der Waals surface area contributed by atoms with Gasteiger partial charge >= 0.3 is 5.97 Å². The average molecular weight is 435 g/mol. The topological polar surface area (TPSA) is 70.5 Å². The standard InChI is InChI=1S/C18H15BrN2O4S/c1-23-15-4-3-11(6-16(15)24-2)17-21-14(10-26-17)9-25-18(22)12-5-13(19)8-20-7-12/h3-8,10H,9H2,1-2H3. The summed E-state index contributed by atoms with van der Waals surface area (Å²) < 4.78 is 16.6. The largest absolute Gasteiger partial charge is 0.493 e. The quantitative estimate of drug-likeness (QED) is 0.537. The van der Waals surface area contributed by atoms with Gasteiger partial charge in [0, 0.05) is 27.8 Å². The first-order chi connectivity index (χ1) is 12.6. The number of nitrogens with zero attached hydrogens (tertiary/aromatic N) is 2. The van der Waals surface area contributed by atoms with E-state index in [-0.39, 0.29) is 6.61 Å². The molecule has 0 fully saturated rings. The number of hydrogen-bond donors (Lipinski definition) is 0. The molecule has 0 unspecified atom stereocenters. The van der Waals surface area contributed by atoms with Crippen LogP contribution in [0.2, 0.25) is 0 Å². The number of carbonyl (C=O) groups is 1. The Bertz CT molecular complexity index is 929. The Morgan fingerprint density at radius 2 is 1.96 bits per heavy atom. The molecule has 26 heavy (non-hydrogen) atoms. The molecule has 3 rings (SSSR count). The Morgan fingerprint density at radius 1 is 1.15 bits per heavy atom. The predicted octanol–water partition coefficient (Wildman–Crippen LogP) is 4.34. The average Bonchev–Trinajstić information content (AvgIpc) is 3.14. The number of benzene rings is 1. The van der Waals surface area contributed by atoms with Crippen LogP contribution in [0.5, 0.6) is 11.5 Å². The van der Waals surface area contributed by atoms with Crippen molar-refractivity contribution in [3.63, 3.8) is 0 Å². The molecule has 0 saturated heterocycles. The molecule has 6 nitrogen and oxygen atoms in total. The summed E-state index contributed by atoms with van der Waals surface area (Å²) in [5, 5.41) is 2.67. The molecule has 8 heteroatoms. The van der Waals surface area contributed by atoms with Crippen LogP contribution in [0.25, 0.3) is 10.6 Å². The molecule has 0 radical (unpaired) electrons. The van der Waals surface area contributed by atoms with E-state index in [4.69, 9.17) is 14.2 Å². The van der Waals surface area contributed by atoms with E-state index in [1.165, 1.54) is 17.5 Å². The number of halogens is 1. The van der Waals surface area contributed by atoms with Crippen molar-refractivity contribution in [2.45, 2.75) is 6.61 Å². The zero-order valence-corrected chi connectivity index (χ0v) is 16.5. The van der Waals surface area contributed by atoms with Crippen molar-refractivity contribution in [3.05, 3.63) is 57.8 Å². The zero-order chi connectivity index (χ0) is 18.5. The molecule has 134 valence electrons. The van der Waals surface area contributed by atoms with Gasteiger partial charge in [0.2, 0.25) is 0 Å². The summed E-state index contributed by atoms with van der Waals surface area (Å²) in [6.07, 6.45) is 3.07. The van der Waals surface area contributed by atoms with Gasteiger partial charge < -0.3 is 14.2 Å². The molecule has 0 bridgehead atoms. The van der Waals surface area contributed by atoms with Crippen LogP contribution >= 0.6 is 27.3 Å². The minimum Gasteiger partial charge on any atom is -0.493 e. The van der Waals surface area contributed by atoms with Gasteiger partial charge in [-0.05, 0) is 40.2 Å². The highest BCUT2D eigenvalue weighted by Gasteiger charge is 2.12. The van der Waals surface area contributed by atoms with Crippen LogP contribution in [0.3, 0.4) is 0 Å². The number of methoxy groups -OCH3 is 2. The number of carbonyl (C=O) groups excluding carboxylic acids is 1. The number of pyridine rings is 1. The van der Waals surface area contributed by atoms with E-state index in [1.807, 2.05) is 23.6 Å². The maximum absolute atomic E-state index is 12.1. The summed E-state index contributed by atoms with van der Waals surface area (Å²) in [6, 6.07) is 7.25. The zero-order valence-electron chi connectivity index (χ0n) is 14.1. The summed E-state index contributed by atoms with van der Waals surface area (Å²) >= 11 is 4.74. The fourth-order valence-electron chi connectivity index (χ4n) is 2.22. The maximum Gasteiger partial charge on any atom is 0.340 e. The third kappa shape index (κ3) is 4.20. The summed E-state index contributed by atoms with van der Waals surface area (Å²) in [5.74, 6) is 0.847. The lowest BCUT2D eigenvalue weighted by Crippen LogP contribution is -2.05. The fourth-order valence-corrected chi connectivity index (χ4v) is 3.39. The molecule has 0 N–H and O–H groups in total. The van der Waals surface area contributed by atoms with Crippen LogP contribution in [0.4, 0.5) is 0 Å². The van der Waals surface area contributed by atoms with Crippen molar-refractivity contribution in [2.24, 2.45) is 0 Å². The molecule has 0 saturated carbocycles. The van der Waals surface area contributed by atoms with Gasteiger partial charge in [-0.15, -0.1) is 11.3 Å². The Labute approximate surface area is 162 Å². The van der Waals surface area contributed by atoms with Gasteiger partial charge in [0.15, 0.2) is 11.5 Å². The highest BCUT2D eigenvalue weighted by Crippen LogP contribution is 2.33. The highest BCUT2D eigenvalue weighted by molar-refractivity contribution is 9.10. The van der Waals surface area contributed by atoms with Crippen molar-refractivity contribution >= 4 is 33.2 Å². The summed E-state index contributed by atoms with van der Waals surface area (Å²) in [7, 11) is 3.18. The lowest BCUT2D eigenvalue weighted by atomic mass is 10.2. The predicted molar refractivity (Wildman–Crippen MR) is 102 cm³/mol. The normalized spacial score (nSPS) is 10.4. The second-order valence-electron chi connectivity index (χ2n) is 5.18. The molecule has 3 aromatic rings. The molecule has 0 aliphatic carbocycles. The second-order valence-corrected chi connectivity index (χ2v) is 6.96. The minimum absolute atomic E-state index is 0.0924. The van der Waals surface area contributed by atoms with Crippen molar-refractivity contribution in [1.82, 2.24) is 9.97 Å². The number of rotatable bonds is 6. The third-order valence-electron chi connectivity index (χ3n) is 3.47. The van der Waals surface area contributed by atoms with Crippen LogP contribution in [-0.2, 0) is 11.3 Å². The van der Waals surface area contributed by atoms with Crippen molar-refractivity contribution in [3.8, 4) is 22.1 Å². The van der Waals surface area contributed by atoms with Crippen LogP contribution < -0.4 is 9.47 Å². The summed E-state index contributed by atoms with van der Waals surface area (Å²) in [6.45, 7) is 0.0924. The fraction of sp³-hybridized carbons (Fsp3) is 0.167. The smallest absolute Gasteiger partial charge is 0.340 e. The van der Waals surface area contributed by atoms with E-state index in [0.717, 1.165) is 15.0 Å². The van der Waals surface area contributed by atoms with E-state index in [0.29, 0.717) is 22.8 Å². The molecule has 1 aromatic carbocycles. The number of thiazole rings is 1. The molecule has 0 atom stereocenters. The number of ether oxygens (including phenoxy) is 3. The molecule has 0 amide bonds. The van der Waals surface area contributed by atoms with Crippen LogP contribution in [0, 0.1) is 0 Å². The Kier molecular flexibility index (Phi) is 5.85. The second kappa shape index (κ2) is 8.29. The summed E-state index contributed by atoms with van der Waals surface area (Å²) in [4.78, 5) is 20.5. The Morgan fingerprint density at radius 3 is 2.69 bits per heavy atom. The van der Waals surface area contributed by atoms with Gasteiger partial charge in [0.05, 0.1) is 25.5 Å². The Balaban J connectivity index is 1.69. The van der Waals surface area contributed by atoms with Crippen molar-refractivity contribution in [1.29, 1.82) is 0 Å². The van der Waals surface area contributed by atoms with E-state index >= 15 is 0 Å². The highest BCUT2D eigenvalue weighted by atomic mass is 79.9. The first kappa shape index (κ1) is 18.3. The van der Waals surface area contributed by atoms with E-state index in [2.05, 4.69) is 25.9 Å². The molecule has 0 aliphatic rings. The van der Waals surface area contributed by atoms with Crippen LogP contribution in [0.1, 0.15) is 16.1 Å². The number of hydrogen-bond acceptors (Lipinski definition) is 7. The number of esters is 1. The lowest BCUT2D eigenvalue weighted by molar-refractivity contribution is 0.0468. The molecular weight excluding hydrogens is 420 g/mol. The SMILES string of the molecule is COc1ccc(-c2nc(COC(=O)c3cncc(Br)c3)cs2)cc1OC. The van der Waals surface area contributed by atoms with Crippen LogP contribution in [-0.4, -0.2) is 30.2 Å². The van der Waals surface area contributed by atoms with E-state index < -0.39 is 5.97 Å². The molecule has 0 spiro atoms. The molecule has 0 aliphatic heterocycles. The molecular formula is C18H15BrN2O4S. The van der Waals surface area contributed by atoms with E-state index in [1.54, 1.807) is 26.5 Å². The molecule has 2 aromatic heterocycles. The van der Waals surface area contributed by atoms with Gasteiger partial charge in [-0.2, -0.15) is 0 Å². The van der Waals surface area contributed by atoms with Crippen molar-refractivity contribution < 1.29 is 19.0 Å². The van der Waals surface area contributed by atoms with Crippen molar-refractivity contribution in [2.75, 3.05) is 14.2 Å². The maximum atomic E-state index is 12.1. The lowest BCUT2D eigenvalue weighted by Gasteiger charge is -2.08.